The third-order valence-electron chi connectivity index (χ3n) is 4.30. The van der Waals surface area contributed by atoms with E-state index in [-0.39, 0.29) is 0 Å². The fraction of sp³-hybridized carbons (Fsp3) is 0.304. The molecule has 0 N–H and O–H groups in total. The number of nitrogens with zero attached hydrogens (tertiary/aromatic N) is 2. The maximum absolute atomic E-state index is 6.16. The van der Waals surface area contributed by atoms with Gasteiger partial charge < -0.3 is 4.74 Å². The van der Waals surface area contributed by atoms with E-state index in [1.165, 1.54) is 16.7 Å². The molecule has 0 atom stereocenters. The second kappa shape index (κ2) is 9.05. The number of ether oxygens (including phenoxy) is 1. The molecule has 0 radical (unpaired) electrons. The van der Waals surface area contributed by atoms with Crippen molar-refractivity contribution < 1.29 is 4.74 Å². The van der Waals surface area contributed by atoms with Gasteiger partial charge in [-0.2, -0.15) is 4.98 Å². The minimum Gasteiger partial charge on any atom is -0.439 e. The van der Waals surface area contributed by atoms with Gasteiger partial charge in [0.2, 0.25) is 5.88 Å². The second-order valence-electron chi connectivity index (χ2n) is 6.91. The lowest BCUT2D eigenvalue weighted by atomic mass is 10.0. The van der Waals surface area contributed by atoms with Gasteiger partial charge in [0.15, 0.2) is 5.16 Å². The van der Waals surface area contributed by atoms with Gasteiger partial charge in [0.05, 0.1) is 0 Å². The van der Waals surface area contributed by atoms with Crippen molar-refractivity contribution in [2.75, 3.05) is 0 Å². The molecule has 3 nitrogen and oxygen atoms in total. The van der Waals surface area contributed by atoms with Crippen LogP contribution in [0.25, 0.3) is 0 Å². The first-order chi connectivity index (χ1) is 13.0. The van der Waals surface area contributed by atoms with Crippen molar-refractivity contribution in [3.63, 3.8) is 0 Å². The lowest BCUT2D eigenvalue weighted by Gasteiger charge is -2.14. The highest BCUT2D eigenvalue weighted by Gasteiger charge is 2.11. The number of rotatable bonds is 7. The molecule has 0 spiro atoms. The van der Waals surface area contributed by atoms with Crippen molar-refractivity contribution in [1.82, 2.24) is 9.97 Å². The van der Waals surface area contributed by atoms with Crippen molar-refractivity contribution >= 4 is 11.8 Å². The topological polar surface area (TPSA) is 35.0 Å². The molecule has 1 aromatic heterocycles. The fourth-order valence-corrected chi connectivity index (χ4v) is 3.67. The van der Waals surface area contributed by atoms with Crippen LogP contribution in [0.2, 0.25) is 0 Å². The van der Waals surface area contributed by atoms with Crippen LogP contribution in [0.3, 0.4) is 0 Å². The molecule has 0 fully saturated rings. The Morgan fingerprint density at radius 2 is 1.81 bits per heavy atom. The molecule has 3 rings (SSSR count). The smallest absolute Gasteiger partial charge is 0.223 e. The number of benzene rings is 2. The molecule has 0 unspecified atom stereocenters. The molecule has 0 amide bonds. The van der Waals surface area contributed by atoms with Gasteiger partial charge in [0, 0.05) is 17.5 Å². The Kier molecular flexibility index (Phi) is 6.51. The molecular formula is C23H26N2OS. The summed E-state index contributed by atoms with van der Waals surface area (Å²) >= 11 is 1.64. The van der Waals surface area contributed by atoms with Crippen LogP contribution in [0.4, 0.5) is 0 Å². The van der Waals surface area contributed by atoms with Gasteiger partial charge in [0.25, 0.3) is 0 Å². The van der Waals surface area contributed by atoms with Gasteiger partial charge in [0.1, 0.15) is 5.75 Å². The molecule has 140 valence electrons. The number of para-hydroxylation sites is 1. The van der Waals surface area contributed by atoms with E-state index in [4.69, 9.17) is 4.74 Å². The summed E-state index contributed by atoms with van der Waals surface area (Å²) in [6.07, 6.45) is 0.850. The standard InChI is InChI=1S/C23H26N2OS/c1-5-19-14-22(26-21-12-7-6-11-20(21)16(2)3)25-23(24-19)27-15-18-10-8-9-17(4)13-18/h6-14,16H,5,15H2,1-4H3. The Labute approximate surface area is 166 Å². The maximum atomic E-state index is 6.16. The van der Waals surface area contributed by atoms with Crippen molar-refractivity contribution in [2.45, 2.75) is 50.9 Å². The van der Waals surface area contributed by atoms with E-state index in [2.05, 4.69) is 68.0 Å². The lowest BCUT2D eigenvalue weighted by Crippen LogP contribution is -1.99. The zero-order valence-corrected chi connectivity index (χ0v) is 17.2. The van der Waals surface area contributed by atoms with E-state index in [0.29, 0.717) is 11.8 Å². The van der Waals surface area contributed by atoms with E-state index in [1.54, 1.807) is 11.8 Å². The molecule has 0 bridgehead atoms. The van der Waals surface area contributed by atoms with E-state index in [0.717, 1.165) is 28.8 Å². The van der Waals surface area contributed by atoms with Gasteiger partial charge in [-0.1, -0.05) is 80.6 Å². The van der Waals surface area contributed by atoms with E-state index < -0.39 is 0 Å². The molecule has 2 aromatic carbocycles. The Balaban J connectivity index is 1.81. The van der Waals surface area contributed by atoms with Gasteiger partial charge in [-0.25, -0.2) is 4.98 Å². The SMILES string of the molecule is CCc1cc(Oc2ccccc2C(C)C)nc(SCc2cccc(C)c2)n1. The van der Waals surface area contributed by atoms with Crippen molar-refractivity contribution in [1.29, 1.82) is 0 Å². The summed E-state index contributed by atoms with van der Waals surface area (Å²) in [5.74, 6) is 2.71. The van der Waals surface area contributed by atoms with Crippen LogP contribution in [0.1, 0.15) is 49.1 Å². The molecular weight excluding hydrogens is 352 g/mol. The normalized spacial score (nSPS) is 11.0. The molecule has 0 saturated carbocycles. The summed E-state index contributed by atoms with van der Waals surface area (Å²) in [7, 11) is 0. The average molecular weight is 379 g/mol. The van der Waals surface area contributed by atoms with Crippen LogP contribution in [0.5, 0.6) is 11.6 Å². The molecule has 4 heteroatoms. The summed E-state index contributed by atoms with van der Waals surface area (Å²) in [6, 6.07) is 18.6. The third kappa shape index (κ3) is 5.33. The zero-order chi connectivity index (χ0) is 19.2. The molecule has 0 aliphatic carbocycles. The monoisotopic (exact) mass is 378 g/mol. The van der Waals surface area contributed by atoms with Crippen molar-refractivity contribution in [3.05, 3.63) is 77.0 Å². The van der Waals surface area contributed by atoms with Crippen LogP contribution < -0.4 is 4.74 Å². The Morgan fingerprint density at radius 1 is 1.00 bits per heavy atom. The highest BCUT2D eigenvalue weighted by atomic mass is 32.2. The lowest BCUT2D eigenvalue weighted by molar-refractivity contribution is 0.446. The predicted octanol–water partition coefficient (Wildman–Crippen LogP) is 6.56. The van der Waals surface area contributed by atoms with Crippen molar-refractivity contribution in [2.24, 2.45) is 0 Å². The van der Waals surface area contributed by atoms with E-state index in [9.17, 15) is 0 Å². The largest absolute Gasteiger partial charge is 0.439 e. The number of aryl methyl sites for hydroxylation is 2. The number of aromatic nitrogens is 2. The Morgan fingerprint density at radius 3 is 2.56 bits per heavy atom. The van der Waals surface area contributed by atoms with Gasteiger partial charge in [-0.15, -0.1) is 0 Å². The van der Waals surface area contributed by atoms with Gasteiger partial charge >= 0.3 is 0 Å². The second-order valence-corrected chi connectivity index (χ2v) is 7.85. The highest BCUT2D eigenvalue weighted by Crippen LogP contribution is 2.31. The molecule has 3 aromatic rings. The van der Waals surface area contributed by atoms with Crippen LogP contribution in [0.15, 0.2) is 59.8 Å². The molecule has 27 heavy (non-hydrogen) atoms. The number of hydrogen-bond acceptors (Lipinski definition) is 4. The van der Waals surface area contributed by atoms with Gasteiger partial charge in [-0.3, -0.25) is 0 Å². The fourth-order valence-electron chi connectivity index (χ4n) is 2.86. The number of hydrogen-bond donors (Lipinski definition) is 0. The Hall–Kier alpha value is -2.33. The molecule has 0 aliphatic heterocycles. The molecule has 1 heterocycles. The summed E-state index contributed by atoms with van der Waals surface area (Å²) < 4.78 is 6.16. The first-order valence-electron chi connectivity index (χ1n) is 9.38. The predicted molar refractivity (Wildman–Crippen MR) is 113 cm³/mol. The number of thioether (sulfide) groups is 1. The van der Waals surface area contributed by atoms with Crippen molar-refractivity contribution in [3.8, 4) is 11.6 Å². The summed E-state index contributed by atoms with van der Waals surface area (Å²) in [5, 5.41) is 0.757. The summed E-state index contributed by atoms with van der Waals surface area (Å²) in [5.41, 5.74) is 4.72. The van der Waals surface area contributed by atoms with E-state index in [1.807, 2.05) is 24.3 Å². The average Bonchev–Trinajstić information content (AvgIpc) is 2.66. The molecule has 0 saturated heterocycles. The summed E-state index contributed by atoms with van der Waals surface area (Å²) in [4.78, 5) is 9.30. The van der Waals surface area contributed by atoms with Crippen LogP contribution in [0, 0.1) is 6.92 Å². The first kappa shape index (κ1) is 19.4. The first-order valence-corrected chi connectivity index (χ1v) is 10.4. The van der Waals surface area contributed by atoms with Crippen LogP contribution >= 0.6 is 11.8 Å². The maximum Gasteiger partial charge on any atom is 0.223 e. The third-order valence-corrected chi connectivity index (χ3v) is 5.22. The zero-order valence-electron chi connectivity index (χ0n) is 16.4. The van der Waals surface area contributed by atoms with Gasteiger partial charge in [-0.05, 0) is 36.5 Å². The van der Waals surface area contributed by atoms with Crippen LogP contribution in [-0.2, 0) is 12.2 Å². The quantitative estimate of drug-likeness (QED) is 0.345. The highest BCUT2D eigenvalue weighted by molar-refractivity contribution is 7.98. The van der Waals surface area contributed by atoms with E-state index >= 15 is 0 Å². The van der Waals surface area contributed by atoms with Crippen LogP contribution in [-0.4, -0.2) is 9.97 Å². The molecule has 0 aliphatic rings. The minimum absolute atomic E-state index is 0.392. The minimum atomic E-state index is 0.392. The summed E-state index contributed by atoms with van der Waals surface area (Å²) in [6.45, 7) is 8.55. The Bertz CT molecular complexity index is 908.